The van der Waals surface area contributed by atoms with Crippen molar-refractivity contribution in [2.45, 2.75) is 10.6 Å². The van der Waals surface area contributed by atoms with Gasteiger partial charge in [-0.15, -0.1) is 0 Å². The van der Waals surface area contributed by atoms with Crippen molar-refractivity contribution in [2.24, 2.45) is 0 Å². The summed E-state index contributed by atoms with van der Waals surface area (Å²) in [5.74, 6) is 0.204. The van der Waals surface area contributed by atoms with Gasteiger partial charge < -0.3 is 24.8 Å². The second-order valence-electron chi connectivity index (χ2n) is 4.16. The molecule has 0 aliphatic heterocycles. The van der Waals surface area contributed by atoms with Crippen molar-refractivity contribution in [3.8, 4) is 0 Å². The van der Waals surface area contributed by atoms with Crippen molar-refractivity contribution < 1.29 is 28.2 Å². The van der Waals surface area contributed by atoms with Crippen molar-refractivity contribution in [1.29, 1.82) is 0 Å². The lowest BCUT2D eigenvalue weighted by Gasteiger charge is -2.22. The van der Waals surface area contributed by atoms with E-state index >= 15 is 0 Å². The summed E-state index contributed by atoms with van der Waals surface area (Å²) >= 11 is 0.770. The van der Waals surface area contributed by atoms with Gasteiger partial charge in [0.05, 0.1) is 12.9 Å². The minimum atomic E-state index is -4.86. The molecule has 2 aromatic heterocycles. The molecule has 0 bridgehead atoms. The van der Waals surface area contributed by atoms with Gasteiger partial charge in [-0.25, -0.2) is 15.0 Å². The summed E-state index contributed by atoms with van der Waals surface area (Å²) < 4.78 is 38.1. The monoisotopic (exact) mass is 431 g/mol. The number of fused-ring (bicyclic) bond motifs is 1. The van der Waals surface area contributed by atoms with E-state index in [1.54, 1.807) is 4.57 Å². The van der Waals surface area contributed by atoms with Crippen LogP contribution in [0.3, 0.4) is 0 Å². The van der Waals surface area contributed by atoms with Crippen LogP contribution in [0.1, 0.15) is 0 Å². The maximum Gasteiger partial charge on any atom is 0.401 e. The molecule has 0 amide bonds. The quantitative estimate of drug-likeness (QED) is 0.387. The van der Waals surface area contributed by atoms with Crippen molar-refractivity contribution in [2.75, 3.05) is 12.3 Å². The van der Waals surface area contributed by atoms with E-state index < -0.39 is 26.9 Å². The molecule has 16 heteroatoms. The van der Waals surface area contributed by atoms with Crippen molar-refractivity contribution in [3.05, 3.63) is 12.7 Å². The first kappa shape index (κ1) is 19.7. The smallest absolute Gasteiger partial charge is 0.382 e. The number of ether oxygens (including phenoxy) is 1. The summed E-state index contributed by atoms with van der Waals surface area (Å²) in [6.07, 6.45) is 2.70. The molecular formula is C8H12N5O6P3S2+2. The largest absolute Gasteiger partial charge is 0.401 e. The molecule has 2 aromatic rings. The minimum Gasteiger partial charge on any atom is -0.382 e. The number of hydrogen-bond acceptors (Lipinski definition) is 10. The summed E-state index contributed by atoms with van der Waals surface area (Å²) in [5.41, 5.74) is 6.50. The van der Waals surface area contributed by atoms with Crippen LogP contribution in [0.2, 0.25) is 0 Å². The van der Waals surface area contributed by atoms with Crippen LogP contribution in [0.15, 0.2) is 12.7 Å². The molecule has 2 rings (SSSR count). The van der Waals surface area contributed by atoms with Gasteiger partial charge in [0.15, 0.2) is 34.2 Å². The maximum absolute atomic E-state index is 11.7. The van der Waals surface area contributed by atoms with Gasteiger partial charge in [-0.3, -0.25) is 4.57 Å². The predicted molar refractivity (Wildman–Crippen MR) is 93.6 cm³/mol. The van der Waals surface area contributed by atoms with E-state index in [0.717, 1.165) is 0 Å². The third kappa shape index (κ3) is 4.12. The van der Waals surface area contributed by atoms with Crippen LogP contribution in [0.5, 0.6) is 0 Å². The van der Waals surface area contributed by atoms with Gasteiger partial charge >= 0.3 is 26.9 Å². The zero-order valence-corrected chi connectivity index (χ0v) is 16.3. The predicted octanol–water partition coefficient (Wildman–Crippen LogP) is 1.56. The standard InChI is InChI=1S/C8H10N5O6P3S2/c9-6-5-7(11-3-10-6)13(4-12-5)1-2-19-8(23-20-14,24-21-15)22(16,17)18/h3-4H,1-2H2,(H2,9,10,11)(H2,16,17,18)/p+2. The number of hydrogen-bond donors (Lipinski definition) is 3. The second kappa shape index (κ2) is 8.16. The van der Waals surface area contributed by atoms with Crippen LogP contribution < -0.4 is 5.73 Å². The first-order valence-corrected chi connectivity index (χ1v) is 12.6. The first-order valence-electron chi connectivity index (χ1n) is 6.06. The summed E-state index contributed by atoms with van der Waals surface area (Å²) in [4.78, 5) is 30.8. The molecular weight excluding hydrogens is 419 g/mol. The lowest BCUT2D eigenvalue weighted by atomic mass is 10.5. The van der Waals surface area contributed by atoms with E-state index in [9.17, 15) is 23.5 Å². The normalized spacial score (nSPS) is 15.1. The van der Waals surface area contributed by atoms with E-state index in [1.807, 2.05) is 0 Å². The van der Waals surface area contributed by atoms with Crippen LogP contribution in [0.4, 0.5) is 5.82 Å². The Morgan fingerprint density at radius 2 is 1.96 bits per heavy atom. The zero-order chi connectivity index (χ0) is 17.8. The number of aromatic nitrogens is 4. The van der Waals surface area contributed by atoms with Crippen LogP contribution in [-0.2, 0) is 25.0 Å². The summed E-state index contributed by atoms with van der Waals surface area (Å²) in [5, 5.41) is 0. The van der Waals surface area contributed by atoms with Crippen LogP contribution >= 0.6 is 45.7 Å². The van der Waals surface area contributed by atoms with E-state index in [-0.39, 0.29) is 19.0 Å². The minimum absolute atomic E-state index is 0.139. The zero-order valence-electron chi connectivity index (χ0n) is 11.7. The Labute approximate surface area is 146 Å². The van der Waals surface area contributed by atoms with Crippen LogP contribution in [0, 0.1) is 0 Å². The highest BCUT2D eigenvalue weighted by Gasteiger charge is 2.59. The molecule has 2 unspecified atom stereocenters. The topological polar surface area (TPSA) is 171 Å². The molecule has 4 N–H and O–H groups in total. The molecule has 11 nitrogen and oxygen atoms in total. The van der Waals surface area contributed by atoms with Gasteiger partial charge in [-0.05, 0) is 0 Å². The lowest BCUT2D eigenvalue weighted by molar-refractivity contribution is 0.112. The SMILES string of the molecule is Nc1ncnc2c1ncn2CCOC(S[PH+]=O)(S[PH+]=O)P(=O)(O)O. The Kier molecular flexibility index (Phi) is 6.69. The molecule has 0 fully saturated rings. The number of rotatable bonds is 9. The molecule has 24 heavy (non-hydrogen) atoms. The molecule has 2 heterocycles. The summed E-state index contributed by atoms with van der Waals surface area (Å²) in [6.45, 7) is -0.0325. The number of anilines is 1. The highest BCUT2D eigenvalue weighted by Crippen LogP contribution is 2.68. The number of imidazole rings is 1. The average molecular weight is 431 g/mol. The first-order chi connectivity index (χ1) is 11.3. The van der Waals surface area contributed by atoms with E-state index in [0.29, 0.717) is 33.9 Å². The van der Waals surface area contributed by atoms with Gasteiger partial charge in [0, 0.05) is 6.54 Å². The van der Waals surface area contributed by atoms with Gasteiger partial charge in [0.1, 0.15) is 11.8 Å². The Balaban J connectivity index is 2.17. The van der Waals surface area contributed by atoms with E-state index in [1.165, 1.54) is 12.7 Å². The number of nitrogens with zero attached hydrogens (tertiary/aromatic N) is 4. The Hall–Kier alpha value is -0.640. The third-order valence-corrected chi connectivity index (χ3v) is 11.1. The van der Waals surface area contributed by atoms with Crippen LogP contribution in [0.25, 0.3) is 11.2 Å². The van der Waals surface area contributed by atoms with Gasteiger partial charge in [0.25, 0.3) is 0 Å². The summed E-state index contributed by atoms with van der Waals surface area (Å²) in [7, 11) is -7.06. The molecule has 2 atom stereocenters. The number of nitrogen functional groups attached to an aromatic ring is 1. The fraction of sp³-hybridized carbons (Fsp3) is 0.375. The lowest BCUT2D eigenvalue weighted by Crippen LogP contribution is -2.24. The van der Waals surface area contributed by atoms with Gasteiger partial charge in [-0.2, -0.15) is 0 Å². The second-order valence-corrected chi connectivity index (χ2v) is 10.9. The van der Waals surface area contributed by atoms with Crippen molar-refractivity contribution >= 4 is 62.7 Å². The van der Waals surface area contributed by atoms with Gasteiger partial charge in [-0.1, -0.05) is 9.13 Å². The highest BCUT2D eigenvalue weighted by atomic mass is 32.7. The van der Waals surface area contributed by atoms with E-state index in [4.69, 9.17) is 10.5 Å². The van der Waals surface area contributed by atoms with Crippen molar-refractivity contribution in [1.82, 2.24) is 19.5 Å². The van der Waals surface area contributed by atoms with E-state index in [2.05, 4.69) is 15.0 Å². The van der Waals surface area contributed by atoms with Gasteiger partial charge in [0.2, 0.25) is 0 Å². The molecule has 0 saturated carbocycles. The average Bonchev–Trinajstić information content (AvgIpc) is 2.91. The Bertz CT molecular complexity index is 790. The maximum atomic E-state index is 11.7. The van der Waals surface area contributed by atoms with Crippen LogP contribution in [-0.4, -0.2) is 39.9 Å². The molecule has 0 saturated heterocycles. The summed E-state index contributed by atoms with van der Waals surface area (Å²) in [6, 6.07) is 0. The fourth-order valence-corrected chi connectivity index (χ4v) is 9.51. The molecule has 0 aliphatic rings. The van der Waals surface area contributed by atoms with Crippen molar-refractivity contribution in [3.63, 3.8) is 0 Å². The molecule has 0 spiro atoms. The Morgan fingerprint density at radius 3 is 2.54 bits per heavy atom. The highest BCUT2D eigenvalue weighted by molar-refractivity contribution is 8.61. The third-order valence-electron chi connectivity index (χ3n) is 2.74. The number of nitrogens with two attached hydrogens (primary N) is 1. The Morgan fingerprint density at radius 1 is 1.29 bits per heavy atom. The molecule has 0 aromatic carbocycles. The molecule has 130 valence electrons. The molecule has 0 radical (unpaired) electrons. The molecule has 0 aliphatic carbocycles. The fourth-order valence-electron chi connectivity index (χ4n) is 1.72.